The molecule has 0 radical (unpaired) electrons. The Morgan fingerprint density at radius 1 is 1.41 bits per heavy atom. The fourth-order valence-electron chi connectivity index (χ4n) is 1.77. The van der Waals surface area contributed by atoms with Crippen molar-refractivity contribution in [3.63, 3.8) is 0 Å². The molecule has 1 saturated heterocycles. The number of carboxylic acid groups (broad SMARTS) is 1. The van der Waals surface area contributed by atoms with Gasteiger partial charge in [-0.15, -0.1) is 0 Å². The monoisotopic (exact) mass is 243 g/mol. The number of likely N-dealkylation sites (tertiary alicyclic amines) is 1. The Kier molecular flexibility index (Phi) is 4.30. The van der Waals surface area contributed by atoms with Gasteiger partial charge in [-0.1, -0.05) is 0 Å². The third-order valence-electron chi connectivity index (χ3n) is 2.82. The van der Waals surface area contributed by atoms with Crippen LogP contribution in [-0.4, -0.2) is 46.5 Å². The Balaban J connectivity index is 2.65. The summed E-state index contributed by atoms with van der Waals surface area (Å²) in [4.78, 5) is 34.8. The summed E-state index contributed by atoms with van der Waals surface area (Å²) in [6.45, 7) is 1.84. The lowest BCUT2D eigenvalue weighted by atomic mass is 10.0. The van der Waals surface area contributed by atoms with Crippen molar-refractivity contribution in [2.75, 3.05) is 6.54 Å². The zero-order valence-electron chi connectivity index (χ0n) is 9.68. The first-order valence-corrected chi connectivity index (χ1v) is 5.52. The van der Waals surface area contributed by atoms with Gasteiger partial charge in [0.25, 0.3) is 0 Å². The molecule has 4 N–H and O–H groups in total. The van der Waals surface area contributed by atoms with Crippen LogP contribution >= 0.6 is 0 Å². The van der Waals surface area contributed by atoms with Gasteiger partial charge in [0.1, 0.15) is 12.1 Å². The van der Waals surface area contributed by atoms with E-state index in [-0.39, 0.29) is 0 Å². The number of carboxylic acids is 1. The second-order valence-electron chi connectivity index (χ2n) is 4.12. The molecule has 96 valence electrons. The Morgan fingerprint density at radius 2 is 2.06 bits per heavy atom. The van der Waals surface area contributed by atoms with Gasteiger partial charge in [-0.25, -0.2) is 9.59 Å². The fraction of sp³-hybridized carbons (Fsp3) is 0.700. The second-order valence-corrected chi connectivity index (χ2v) is 4.12. The minimum Gasteiger partial charge on any atom is -0.480 e. The third kappa shape index (κ3) is 3.33. The molecule has 1 aliphatic rings. The molecule has 0 aromatic rings. The molecule has 3 amide bonds. The quantitative estimate of drug-likeness (QED) is 0.620. The number of carbonyl (C=O) groups is 3. The van der Waals surface area contributed by atoms with Gasteiger partial charge in [0, 0.05) is 6.54 Å². The van der Waals surface area contributed by atoms with E-state index in [0.29, 0.717) is 13.0 Å². The zero-order chi connectivity index (χ0) is 13.0. The number of urea groups is 1. The standard InChI is InChI=1S/C10H17N3O4/c1-6(8(11)14)12-10(17)13-5-3-2-4-7(13)9(15)16/h6-7H,2-5H2,1H3,(H2,11,14)(H,12,17)(H,15,16). The maximum Gasteiger partial charge on any atom is 0.326 e. The van der Waals surface area contributed by atoms with E-state index in [4.69, 9.17) is 10.8 Å². The summed E-state index contributed by atoms with van der Waals surface area (Å²) in [5.74, 6) is -1.67. The van der Waals surface area contributed by atoms with E-state index in [1.807, 2.05) is 0 Å². The van der Waals surface area contributed by atoms with E-state index in [9.17, 15) is 14.4 Å². The highest BCUT2D eigenvalue weighted by Gasteiger charge is 2.32. The van der Waals surface area contributed by atoms with Crippen molar-refractivity contribution < 1.29 is 19.5 Å². The molecule has 0 aliphatic carbocycles. The van der Waals surface area contributed by atoms with E-state index in [1.165, 1.54) is 11.8 Å². The number of primary amides is 1. The molecule has 2 atom stereocenters. The van der Waals surface area contributed by atoms with Crippen LogP contribution < -0.4 is 11.1 Å². The Hall–Kier alpha value is -1.79. The summed E-state index contributed by atoms with van der Waals surface area (Å²) in [6, 6.07) is -2.17. The molecule has 0 bridgehead atoms. The first-order valence-electron chi connectivity index (χ1n) is 5.52. The van der Waals surface area contributed by atoms with Crippen molar-refractivity contribution >= 4 is 17.9 Å². The summed E-state index contributed by atoms with van der Waals surface area (Å²) < 4.78 is 0. The number of rotatable bonds is 3. The van der Waals surface area contributed by atoms with Gasteiger partial charge in [-0.2, -0.15) is 0 Å². The molecule has 1 heterocycles. The van der Waals surface area contributed by atoms with Gasteiger partial charge in [0.15, 0.2) is 0 Å². The van der Waals surface area contributed by atoms with Crippen LogP contribution in [0.2, 0.25) is 0 Å². The number of piperidine rings is 1. The molecule has 1 rings (SSSR count). The molecule has 0 aromatic heterocycles. The molecule has 7 nitrogen and oxygen atoms in total. The first kappa shape index (κ1) is 13.3. The van der Waals surface area contributed by atoms with Gasteiger partial charge in [-0.05, 0) is 26.2 Å². The zero-order valence-corrected chi connectivity index (χ0v) is 9.68. The molecular formula is C10H17N3O4. The van der Waals surface area contributed by atoms with Crippen LogP contribution in [0.15, 0.2) is 0 Å². The molecule has 1 fully saturated rings. The summed E-state index contributed by atoms with van der Waals surface area (Å²) in [7, 11) is 0. The normalized spacial score (nSPS) is 21.7. The summed E-state index contributed by atoms with van der Waals surface area (Å²) >= 11 is 0. The van der Waals surface area contributed by atoms with Gasteiger partial charge < -0.3 is 21.1 Å². The lowest BCUT2D eigenvalue weighted by Crippen LogP contribution is -2.55. The van der Waals surface area contributed by atoms with Crippen LogP contribution in [0.25, 0.3) is 0 Å². The molecule has 0 aromatic carbocycles. The van der Waals surface area contributed by atoms with Crippen molar-refractivity contribution in [2.24, 2.45) is 5.73 Å². The van der Waals surface area contributed by atoms with Crippen molar-refractivity contribution in [1.82, 2.24) is 10.2 Å². The minimum atomic E-state index is -1.02. The number of nitrogens with two attached hydrogens (primary N) is 1. The summed E-state index contributed by atoms with van der Waals surface area (Å²) in [5, 5.41) is 11.4. The van der Waals surface area contributed by atoms with Crippen LogP contribution in [0.1, 0.15) is 26.2 Å². The number of aliphatic carboxylic acids is 1. The minimum absolute atomic E-state index is 0.383. The molecule has 7 heteroatoms. The number of hydrogen-bond acceptors (Lipinski definition) is 3. The molecule has 0 spiro atoms. The summed E-state index contributed by atoms with van der Waals surface area (Å²) in [5.41, 5.74) is 5.02. The number of amides is 3. The average Bonchev–Trinajstić information content (AvgIpc) is 2.28. The highest BCUT2D eigenvalue weighted by Crippen LogP contribution is 2.17. The predicted molar refractivity (Wildman–Crippen MR) is 59.2 cm³/mol. The van der Waals surface area contributed by atoms with Crippen LogP contribution in [0.3, 0.4) is 0 Å². The average molecular weight is 243 g/mol. The van der Waals surface area contributed by atoms with Crippen LogP contribution in [0.5, 0.6) is 0 Å². The Labute approximate surface area is 98.9 Å². The van der Waals surface area contributed by atoms with Gasteiger partial charge in [0.2, 0.25) is 5.91 Å². The second kappa shape index (κ2) is 5.51. The maximum atomic E-state index is 11.8. The number of carbonyl (C=O) groups excluding carboxylic acids is 2. The molecular weight excluding hydrogens is 226 g/mol. The highest BCUT2D eigenvalue weighted by atomic mass is 16.4. The Morgan fingerprint density at radius 3 is 2.59 bits per heavy atom. The van der Waals surface area contributed by atoms with Crippen molar-refractivity contribution in [1.29, 1.82) is 0 Å². The van der Waals surface area contributed by atoms with Gasteiger partial charge in [0.05, 0.1) is 0 Å². The molecule has 17 heavy (non-hydrogen) atoms. The van der Waals surface area contributed by atoms with Crippen molar-refractivity contribution in [3.8, 4) is 0 Å². The van der Waals surface area contributed by atoms with E-state index in [0.717, 1.165) is 12.8 Å². The SMILES string of the molecule is CC(NC(=O)N1CCCCC1C(=O)O)C(N)=O. The number of nitrogens with zero attached hydrogens (tertiary/aromatic N) is 1. The van der Waals surface area contributed by atoms with Crippen LogP contribution in [0, 0.1) is 0 Å². The molecule has 1 aliphatic heterocycles. The van der Waals surface area contributed by atoms with E-state index >= 15 is 0 Å². The highest BCUT2D eigenvalue weighted by molar-refractivity contribution is 5.87. The number of hydrogen-bond donors (Lipinski definition) is 3. The first-order chi connectivity index (χ1) is 7.93. The van der Waals surface area contributed by atoms with Crippen molar-refractivity contribution in [3.05, 3.63) is 0 Å². The van der Waals surface area contributed by atoms with E-state index in [2.05, 4.69) is 5.32 Å². The van der Waals surface area contributed by atoms with Crippen LogP contribution in [-0.2, 0) is 9.59 Å². The lowest BCUT2D eigenvalue weighted by molar-refractivity contribution is -0.143. The fourth-order valence-corrected chi connectivity index (χ4v) is 1.77. The number of nitrogens with one attached hydrogen (secondary N) is 1. The van der Waals surface area contributed by atoms with Gasteiger partial charge in [-0.3, -0.25) is 4.79 Å². The Bertz CT molecular complexity index is 332. The van der Waals surface area contributed by atoms with E-state index < -0.39 is 30.0 Å². The third-order valence-corrected chi connectivity index (χ3v) is 2.82. The lowest BCUT2D eigenvalue weighted by Gasteiger charge is -2.33. The van der Waals surface area contributed by atoms with Gasteiger partial charge >= 0.3 is 12.0 Å². The maximum absolute atomic E-state index is 11.8. The predicted octanol–water partition coefficient (Wildman–Crippen LogP) is -0.491. The van der Waals surface area contributed by atoms with Crippen LogP contribution in [0.4, 0.5) is 4.79 Å². The molecule has 0 saturated carbocycles. The summed E-state index contributed by atoms with van der Waals surface area (Å²) in [6.07, 6.45) is 1.99. The molecule has 2 unspecified atom stereocenters. The van der Waals surface area contributed by atoms with E-state index in [1.54, 1.807) is 0 Å². The topological polar surface area (TPSA) is 113 Å². The smallest absolute Gasteiger partial charge is 0.326 e. The van der Waals surface area contributed by atoms with Crippen molar-refractivity contribution in [2.45, 2.75) is 38.3 Å². The largest absolute Gasteiger partial charge is 0.480 e.